The first kappa shape index (κ1) is 11.5. The number of carbonyl (C=O) groups excluding carboxylic acids is 1. The molecule has 0 radical (unpaired) electrons. The summed E-state index contributed by atoms with van der Waals surface area (Å²) in [5, 5.41) is 0.741. The van der Waals surface area contributed by atoms with Gasteiger partial charge in [-0.05, 0) is 30.5 Å². The van der Waals surface area contributed by atoms with Crippen LogP contribution in [-0.4, -0.2) is 12.6 Å². The SMILES string of the molecule is CCC(=O)OCC1(c2cccc(Cl)c2)CC1. The van der Waals surface area contributed by atoms with Crippen molar-refractivity contribution in [1.29, 1.82) is 0 Å². The maximum Gasteiger partial charge on any atom is 0.305 e. The van der Waals surface area contributed by atoms with Gasteiger partial charge in [0.05, 0.1) is 0 Å². The summed E-state index contributed by atoms with van der Waals surface area (Å²) in [6, 6.07) is 7.82. The molecular weight excluding hydrogens is 224 g/mol. The zero-order chi connectivity index (χ0) is 11.6. The third-order valence-electron chi connectivity index (χ3n) is 3.09. The lowest BCUT2D eigenvalue weighted by atomic mass is 9.97. The molecule has 1 fully saturated rings. The normalized spacial score (nSPS) is 16.9. The van der Waals surface area contributed by atoms with Gasteiger partial charge in [0.2, 0.25) is 0 Å². The van der Waals surface area contributed by atoms with Crippen LogP contribution in [0.4, 0.5) is 0 Å². The van der Waals surface area contributed by atoms with Crippen LogP contribution < -0.4 is 0 Å². The summed E-state index contributed by atoms with van der Waals surface area (Å²) < 4.78 is 5.23. The Labute approximate surface area is 101 Å². The van der Waals surface area contributed by atoms with Gasteiger partial charge in [0.1, 0.15) is 6.61 Å². The van der Waals surface area contributed by atoms with E-state index in [-0.39, 0.29) is 11.4 Å². The Morgan fingerprint density at radius 3 is 2.81 bits per heavy atom. The fourth-order valence-electron chi connectivity index (χ4n) is 1.81. The lowest BCUT2D eigenvalue weighted by Gasteiger charge is -2.15. The summed E-state index contributed by atoms with van der Waals surface area (Å²) in [4.78, 5) is 11.1. The van der Waals surface area contributed by atoms with Crippen molar-refractivity contribution in [3.8, 4) is 0 Å². The highest BCUT2D eigenvalue weighted by Gasteiger charge is 2.45. The summed E-state index contributed by atoms with van der Waals surface area (Å²) in [5.74, 6) is -0.131. The molecule has 2 nitrogen and oxygen atoms in total. The van der Waals surface area contributed by atoms with Crippen molar-refractivity contribution in [2.45, 2.75) is 31.6 Å². The minimum atomic E-state index is -0.131. The summed E-state index contributed by atoms with van der Waals surface area (Å²) in [6.07, 6.45) is 2.58. The van der Waals surface area contributed by atoms with Crippen molar-refractivity contribution in [3.63, 3.8) is 0 Å². The van der Waals surface area contributed by atoms with Crippen LogP contribution in [-0.2, 0) is 14.9 Å². The average Bonchev–Trinajstić information content (AvgIpc) is 3.07. The first-order valence-corrected chi connectivity index (χ1v) is 5.96. The Morgan fingerprint density at radius 1 is 1.50 bits per heavy atom. The van der Waals surface area contributed by atoms with Gasteiger partial charge in [0.25, 0.3) is 0 Å². The monoisotopic (exact) mass is 238 g/mol. The van der Waals surface area contributed by atoms with Gasteiger partial charge in [-0.2, -0.15) is 0 Å². The molecule has 0 bridgehead atoms. The molecule has 0 amide bonds. The lowest BCUT2D eigenvalue weighted by molar-refractivity contribution is -0.144. The molecular formula is C13H15ClO2. The van der Waals surface area contributed by atoms with E-state index in [0.717, 1.165) is 17.9 Å². The zero-order valence-electron chi connectivity index (χ0n) is 9.33. The second-order valence-corrected chi connectivity index (χ2v) is 4.74. The third-order valence-corrected chi connectivity index (χ3v) is 3.32. The molecule has 1 saturated carbocycles. The molecule has 0 heterocycles. The number of hydrogen-bond donors (Lipinski definition) is 0. The molecule has 1 aliphatic rings. The van der Waals surface area contributed by atoms with E-state index in [0.29, 0.717) is 13.0 Å². The molecule has 3 heteroatoms. The van der Waals surface area contributed by atoms with Crippen LogP contribution in [0.25, 0.3) is 0 Å². The van der Waals surface area contributed by atoms with Gasteiger partial charge in [-0.3, -0.25) is 4.79 Å². The summed E-state index contributed by atoms with van der Waals surface area (Å²) in [7, 11) is 0. The first-order chi connectivity index (χ1) is 7.66. The van der Waals surface area contributed by atoms with Crippen LogP contribution in [0.3, 0.4) is 0 Å². The summed E-state index contributed by atoms with van der Waals surface area (Å²) >= 11 is 5.96. The van der Waals surface area contributed by atoms with E-state index < -0.39 is 0 Å². The van der Waals surface area contributed by atoms with Gasteiger partial charge in [0, 0.05) is 16.9 Å². The fourth-order valence-corrected chi connectivity index (χ4v) is 2.00. The van der Waals surface area contributed by atoms with E-state index in [1.807, 2.05) is 18.2 Å². The van der Waals surface area contributed by atoms with Crippen molar-refractivity contribution in [3.05, 3.63) is 34.9 Å². The molecule has 2 rings (SSSR count). The maximum absolute atomic E-state index is 11.1. The van der Waals surface area contributed by atoms with Crippen molar-refractivity contribution in [2.75, 3.05) is 6.61 Å². The van der Waals surface area contributed by atoms with Gasteiger partial charge >= 0.3 is 5.97 Å². The van der Waals surface area contributed by atoms with Crippen LogP contribution in [0, 0.1) is 0 Å². The predicted molar refractivity (Wildman–Crippen MR) is 63.6 cm³/mol. The number of benzene rings is 1. The Bertz CT molecular complexity index is 397. The molecule has 0 N–H and O–H groups in total. The molecule has 86 valence electrons. The second-order valence-electron chi connectivity index (χ2n) is 4.30. The smallest absolute Gasteiger partial charge is 0.305 e. The van der Waals surface area contributed by atoms with E-state index in [2.05, 4.69) is 6.07 Å². The largest absolute Gasteiger partial charge is 0.465 e. The Morgan fingerprint density at radius 2 is 2.25 bits per heavy atom. The number of carbonyl (C=O) groups is 1. The van der Waals surface area contributed by atoms with Crippen molar-refractivity contribution in [1.82, 2.24) is 0 Å². The van der Waals surface area contributed by atoms with Gasteiger partial charge in [0.15, 0.2) is 0 Å². The van der Waals surface area contributed by atoms with Crippen molar-refractivity contribution < 1.29 is 9.53 Å². The minimum absolute atomic E-state index is 0.0374. The summed E-state index contributed by atoms with van der Waals surface area (Å²) in [6.45, 7) is 2.29. The molecule has 0 unspecified atom stereocenters. The number of ether oxygens (including phenoxy) is 1. The number of rotatable bonds is 4. The molecule has 1 aromatic rings. The quantitative estimate of drug-likeness (QED) is 0.753. The van der Waals surface area contributed by atoms with E-state index in [9.17, 15) is 4.79 Å². The highest BCUT2D eigenvalue weighted by molar-refractivity contribution is 6.30. The van der Waals surface area contributed by atoms with Gasteiger partial charge in [-0.1, -0.05) is 30.7 Å². The van der Waals surface area contributed by atoms with Crippen LogP contribution in [0.1, 0.15) is 31.7 Å². The Kier molecular flexibility index (Phi) is 3.20. The number of halogens is 1. The highest BCUT2D eigenvalue weighted by Crippen LogP contribution is 2.48. The zero-order valence-corrected chi connectivity index (χ0v) is 10.1. The minimum Gasteiger partial charge on any atom is -0.465 e. The maximum atomic E-state index is 11.1. The molecule has 0 aromatic heterocycles. The number of hydrogen-bond acceptors (Lipinski definition) is 2. The standard InChI is InChI=1S/C13H15ClO2/c1-2-12(15)16-9-13(6-7-13)10-4-3-5-11(14)8-10/h3-5,8H,2,6-7,9H2,1H3. The third kappa shape index (κ3) is 2.38. The Hall–Kier alpha value is -1.02. The van der Waals surface area contributed by atoms with Crippen molar-refractivity contribution in [2.24, 2.45) is 0 Å². The van der Waals surface area contributed by atoms with Gasteiger partial charge < -0.3 is 4.74 Å². The first-order valence-electron chi connectivity index (χ1n) is 5.58. The van der Waals surface area contributed by atoms with Gasteiger partial charge in [-0.15, -0.1) is 0 Å². The van der Waals surface area contributed by atoms with Crippen LogP contribution in [0.2, 0.25) is 5.02 Å². The molecule has 1 aliphatic carbocycles. The van der Waals surface area contributed by atoms with Gasteiger partial charge in [-0.25, -0.2) is 0 Å². The molecule has 1 aromatic carbocycles. The second kappa shape index (κ2) is 4.46. The molecule has 0 spiro atoms. The molecule has 0 saturated heterocycles. The topological polar surface area (TPSA) is 26.3 Å². The van der Waals surface area contributed by atoms with Crippen LogP contribution in [0.15, 0.2) is 24.3 Å². The fraction of sp³-hybridized carbons (Fsp3) is 0.462. The summed E-state index contributed by atoms with van der Waals surface area (Å²) in [5.41, 5.74) is 1.22. The van der Waals surface area contributed by atoms with E-state index in [4.69, 9.17) is 16.3 Å². The Balaban J connectivity index is 2.05. The molecule has 0 atom stereocenters. The van der Waals surface area contributed by atoms with Crippen LogP contribution >= 0.6 is 11.6 Å². The average molecular weight is 239 g/mol. The van der Waals surface area contributed by atoms with E-state index >= 15 is 0 Å². The molecule has 0 aliphatic heterocycles. The molecule has 16 heavy (non-hydrogen) atoms. The van der Waals surface area contributed by atoms with Crippen LogP contribution in [0.5, 0.6) is 0 Å². The van der Waals surface area contributed by atoms with E-state index in [1.165, 1.54) is 5.56 Å². The highest BCUT2D eigenvalue weighted by atomic mass is 35.5. The lowest BCUT2D eigenvalue weighted by Crippen LogP contribution is -2.18. The number of esters is 1. The van der Waals surface area contributed by atoms with E-state index in [1.54, 1.807) is 6.92 Å². The predicted octanol–water partition coefficient (Wildman–Crippen LogP) is 3.32. The van der Waals surface area contributed by atoms with Crippen molar-refractivity contribution >= 4 is 17.6 Å².